The lowest BCUT2D eigenvalue weighted by molar-refractivity contribution is -0.605. The molecular weight excluding hydrogens is 670 g/mol. The Morgan fingerprint density at radius 2 is 1.23 bits per heavy atom. The van der Waals surface area contributed by atoms with Crippen molar-refractivity contribution in [3.63, 3.8) is 0 Å². The number of fused-ring (bicyclic) bond motifs is 4. The summed E-state index contributed by atoms with van der Waals surface area (Å²) in [5, 5.41) is 11.7. The highest BCUT2D eigenvalue weighted by Gasteiger charge is 2.71. The van der Waals surface area contributed by atoms with E-state index < -0.39 is 41.3 Å². The van der Waals surface area contributed by atoms with E-state index in [-0.39, 0.29) is 60.2 Å². The Labute approximate surface area is 306 Å². The molecule has 11 rings (SSSR count). The number of hydrogen-bond acceptors (Lipinski definition) is 11. The summed E-state index contributed by atoms with van der Waals surface area (Å²) < 4.78 is 34.1. The molecule has 9 heterocycles. The minimum Gasteiger partial charge on any atom is -0.619 e. The molecule has 1 aromatic rings. The molecule has 2 saturated carbocycles. The van der Waals surface area contributed by atoms with Gasteiger partial charge < -0.3 is 28.9 Å². The third kappa shape index (κ3) is 5.51. The van der Waals surface area contributed by atoms with Crippen LogP contribution in [0.15, 0.2) is 24.5 Å². The molecule has 0 N–H and O–H groups in total. The van der Waals surface area contributed by atoms with Gasteiger partial charge in [0.2, 0.25) is 11.6 Å². The number of carbonyl (C=O) groups excluding carboxylic acids is 1. The third-order valence-electron chi connectivity index (χ3n) is 15.2. The summed E-state index contributed by atoms with van der Waals surface area (Å²) in [6.07, 6.45) is 10.3. The maximum atomic E-state index is 13.3. The quantitative estimate of drug-likeness (QED) is 0.135. The molecule has 16 atom stereocenters. The lowest BCUT2D eigenvalue weighted by Gasteiger charge is -2.61. The van der Waals surface area contributed by atoms with E-state index in [1.54, 1.807) is 0 Å². The van der Waals surface area contributed by atoms with Crippen LogP contribution >= 0.6 is 0 Å². The zero-order valence-electron chi connectivity index (χ0n) is 31.5. The summed E-state index contributed by atoms with van der Waals surface area (Å²) in [7, 11) is 0. The Balaban J connectivity index is 0.995. The van der Waals surface area contributed by atoms with Crippen molar-refractivity contribution >= 4 is 5.97 Å². The molecule has 12 nitrogen and oxygen atoms in total. The van der Waals surface area contributed by atoms with E-state index >= 15 is 0 Å². The average molecular weight is 728 g/mol. The van der Waals surface area contributed by atoms with Gasteiger partial charge in [-0.2, -0.15) is 4.73 Å². The predicted molar refractivity (Wildman–Crippen MR) is 182 cm³/mol. The van der Waals surface area contributed by atoms with Crippen molar-refractivity contribution in [3.05, 3.63) is 35.3 Å². The first-order valence-electron chi connectivity index (χ1n) is 20.1. The summed E-state index contributed by atoms with van der Waals surface area (Å²) in [4.78, 5) is 38.3. The number of ether oxygens (including phenoxy) is 5. The van der Waals surface area contributed by atoms with Gasteiger partial charge in [0, 0.05) is 36.8 Å². The largest absolute Gasteiger partial charge is 0.619 e. The zero-order valence-corrected chi connectivity index (χ0v) is 31.5. The van der Waals surface area contributed by atoms with E-state index in [2.05, 4.69) is 27.7 Å². The minimum atomic E-state index is -0.854. The summed E-state index contributed by atoms with van der Waals surface area (Å²) in [5.74, 6) is -0.0271. The molecule has 288 valence electrons. The first-order chi connectivity index (χ1) is 24.8. The molecule has 0 unspecified atom stereocenters. The molecule has 12 heteroatoms. The summed E-state index contributed by atoms with van der Waals surface area (Å²) >= 11 is 0. The van der Waals surface area contributed by atoms with Crippen molar-refractivity contribution in [2.24, 2.45) is 53.3 Å². The molecule has 10 aliphatic rings. The van der Waals surface area contributed by atoms with Crippen LogP contribution in [0, 0.1) is 58.5 Å². The number of nitrogens with zero attached hydrogens (tertiary/aromatic N) is 1. The third-order valence-corrected chi connectivity index (χ3v) is 15.2. The lowest BCUT2D eigenvalue weighted by Crippen LogP contribution is -2.70. The van der Waals surface area contributed by atoms with Gasteiger partial charge in [0.15, 0.2) is 36.2 Å². The maximum Gasteiger partial charge on any atom is 0.338 e. The first kappa shape index (κ1) is 35.8. The Morgan fingerprint density at radius 1 is 0.750 bits per heavy atom. The van der Waals surface area contributed by atoms with Gasteiger partial charge in [-0.15, -0.1) is 0 Å². The Morgan fingerprint density at radius 3 is 1.71 bits per heavy atom. The van der Waals surface area contributed by atoms with Crippen molar-refractivity contribution < 1.29 is 52.8 Å². The number of aromatic nitrogens is 1. The van der Waals surface area contributed by atoms with Crippen molar-refractivity contribution in [3.8, 4) is 0 Å². The predicted octanol–water partition coefficient (Wildman–Crippen LogP) is 6.37. The second-order valence-electron chi connectivity index (χ2n) is 18.3. The van der Waals surface area contributed by atoms with E-state index in [4.69, 9.17) is 43.2 Å². The van der Waals surface area contributed by atoms with E-state index in [1.807, 2.05) is 13.8 Å². The highest BCUT2D eigenvalue weighted by atomic mass is 17.3. The normalized spacial score (nSPS) is 51.0. The molecule has 8 aliphatic heterocycles. The first-order valence-corrected chi connectivity index (χ1v) is 20.1. The molecule has 2 spiro atoms. The van der Waals surface area contributed by atoms with Crippen molar-refractivity contribution in [2.45, 2.75) is 153 Å². The van der Waals surface area contributed by atoms with Crippen LogP contribution in [0.1, 0.15) is 116 Å². The topological polar surface area (TPSA) is 127 Å². The Kier molecular flexibility index (Phi) is 8.83. The molecule has 0 radical (unpaired) electrons. The van der Waals surface area contributed by atoms with Gasteiger partial charge >= 0.3 is 5.97 Å². The number of hydrogen-bond donors (Lipinski definition) is 0. The van der Waals surface area contributed by atoms with Crippen LogP contribution in [0.2, 0.25) is 0 Å². The summed E-state index contributed by atoms with van der Waals surface area (Å²) in [5.41, 5.74) is -0.948. The van der Waals surface area contributed by atoms with Gasteiger partial charge in [-0.3, -0.25) is 0 Å². The van der Waals surface area contributed by atoms with Gasteiger partial charge in [-0.05, 0) is 107 Å². The SMILES string of the molecule is C[C@H]1[C@@H](CC(COC(=O)c2cc[n+]([O-])cc2)C[C@H]2O[C@@H]3O[C@]4(C)CC[C@H]5[C@H](C)CC[C@@H]([C@H]2C)[C@@]35OO4)O[C@@H]2O[C@]3(C)CC[C@H]4[C@H](C)CC[C@@H]1[C@@]24OO3. The molecular formula is C40H57NO11. The fraction of sp³-hybridized carbons (Fsp3) is 0.850. The average Bonchev–Trinajstić information content (AvgIpc) is 3.49. The van der Waals surface area contributed by atoms with Crippen LogP contribution in [-0.4, -0.2) is 60.1 Å². The van der Waals surface area contributed by atoms with Crippen LogP contribution in [0.5, 0.6) is 0 Å². The molecule has 1 aromatic heterocycles. The molecule has 0 aromatic carbocycles. The van der Waals surface area contributed by atoms with E-state index in [0.717, 1.165) is 51.4 Å². The lowest BCUT2D eigenvalue weighted by atomic mass is 9.56. The van der Waals surface area contributed by atoms with Gasteiger partial charge in [0.25, 0.3) is 0 Å². The van der Waals surface area contributed by atoms with Gasteiger partial charge in [0.1, 0.15) is 0 Å². The molecule has 4 bridgehead atoms. The summed E-state index contributed by atoms with van der Waals surface area (Å²) in [6, 6.07) is 2.98. The van der Waals surface area contributed by atoms with E-state index in [0.29, 0.717) is 35.0 Å². The number of carbonyl (C=O) groups is 1. The number of rotatable bonds is 7. The van der Waals surface area contributed by atoms with Crippen LogP contribution in [0.4, 0.5) is 0 Å². The molecule has 52 heavy (non-hydrogen) atoms. The fourth-order valence-corrected chi connectivity index (χ4v) is 12.2. The van der Waals surface area contributed by atoms with Crippen LogP contribution in [0.25, 0.3) is 0 Å². The highest BCUT2D eigenvalue weighted by Crippen LogP contribution is 2.63. The van der Waals surface area contributed by atoms with Crippen LogP contribution in [-0.2, 0) is 43.2 Å². The van der Waals surface area contributed by atoms with Gasteiger partial charge in [-0.25, -0.2) is 24.3 Å². The molecule has 0 amide bonds. The van der Waals surface area contributed by atoms with E-state index in [9.17, 15) is 10.0 Å². The number of esters is 1. The second kappa shape index (κ2) is 12.8. The van der Waals surface area contributed by atoms with Crippen LogP contribution in [0.3, 0.4) is 0 Å². The van der Waals surface area contributed by atoms with Crippen LogP contribution < -0.4 is 4.73 Å². The maximum absolute atomic E-state index is 13.3. The minimum absolute atomic E-state index is 0.0943. The Hall–Kier alpha value is -1.90. The van der Waals surface area contributed by atoms with Crippen molar-refractivity contribution in [1.29, 1.82) is 0 Å². The van der Waals surface area contributed by atoms with Gasteiger partial charge in [0.05, 0.1) is 24.4 Å². The smallest absolute Gasteiger partial charge is 0.338 e. The standard InChI is InChI=1S/C40H57NO11/c1-22-7-9-30-24(3)32(45-35-39(30)28(22)11-15-37(5,47-35)49-51-39)19-26(21-44-34(42)27-13-17-41(43)18-14-27)20-33-25(4)31-10-8-23(2)29-12-16-38(6)48-36(46-33)40(29,31)52-50-38/h13-14,17-18,22-26,28-33,35-36H,7-12,15-16,19-21H2,1-6H3/t22-,23-,24-,25-,28+,29+,30+,31+,32-,33-,35-,36-,37+,38+,39-,40-/m1/s1. The molecule has 2 aliphatic carbocycles. The van der Waals surface area contributed by atoms with Gasteiger partial charge in [-0.1, -0.05) is 27.7 Å². The van der Waals surface area contributed by atoms with E-state index in [1.165, 1.54) is 24.5 Å². The molecule has 8 saturated heterocycles. The Bertz CT molecular complexity index is 1430. The molecule has 10 fully saturated rings. The second-order valence-corrected chi connectivity index (χ2v) is 18.3. The number of pyridine rings is 1. The fourth-order valence-electron chi connectivity index (χ4n) is 12.2. The summed E-state index contributed by atoms with van der Waals surface area (Å²) in [6.45, 7) is 13.3. The van der Waals surface area contributed by atoms with Crippen molar-refractivity contribution in [1.82, 2.24) is 0 Å². The monoisotopic (exact) mass is 727 g/mol. The van der Waals surface area contributed by atoms with Crippen molar-refractivity contribution in [2.75, 3.05) is 6.61 Å². The highest BCUT2D eigenvalue weighted by molar-refractivity contribution is 5.89. The zero-order chi connectivity index (χ0) is 36.2.